The number of pyridine rings is 1. The molecule has 0 atom stereocenters. The predicted octanol–water partition coefficient (Wildman–Crippen LogP) is 3.43. The molecule has 1 amide bonds. The number of carboxylic acid groups (broad SMARTS) is 1. The van der Waals surface area contributed by atoms with Crippen molar-refractivity contribution in [2.24, 2.45) is 0 Å². The average molecular weight is 396 g/mol. The van der Waals surface area contributed by atoms with Crippen LogP contribution in [0.1, 0.15) is 60.1 Å². The van der Waals surface area contributed by atoms with Crippen LogP contribution in [0.5, 0.6) is 0 Å². The molecule has 6 nitrogen and oxygen atoms in total. The zero-order chi connectivity index (χ0) is 20.5. The van der Waals surface area contributed by atoms with E-state index < -0.39 is 5.97 Å². The summed E-state index contributed by atoms with van der Waals surface area (Å²) in [6.07, 6.45) is 3.93. The molecule has 1 saturated carbocycles. The number of carbonyl (C=O) groups is 2. The number of hydrogen-bond donors (Lipinski definition) is 1. The third kappa shape index (κ3) is 4.27. The molecule has 1 aliphatic heterocycles. The minimum Gasteiger partial charge on any atom is -0.480 e. The normalized spacial score (nSPS) is 17.8. The van der Waals surface area contributed by atoms with Gasteiger partial charge in [-0.1, -0.05) is 18.6 Å². The second-order valence-electron chi connectivity index (χ2n) is 8.37. The molecule has 6 heteroatoms. The first-order chi connectivity index (χ1) is 14.0. The summed E-state index contributed by atoms with van der Waals surface area (Å²) < 4.78 is 0. The Kier molecular flexibility index (Phi) is 5.54. The summed E-state index contributed by atoms with van der Waals surface area (Å²) in [6, 6.07) is 8.36. The number of piperidine rings is 1. The summed E-state index contributed by atoms with van der Waals surface area (Å²) in [7, 11) is 0. The molecule has 2 fully saturated rings. The highest BCUT2D eigenvalue weighted by Gasteiger charge is 2.30. The molecule has 0 unspecified atom stereocenters. The second kappa shape index (κ2) is 8.11. The van der Waals surface area contributed by atoms with Crippen LogP contribution < -0.4 is 0 Å². The van der Waals surface area contributed by atoms with Gasteiger partial charge in [0.2, 0.25) is 0 Å². The Morgan fingerprint density at radius 1 is 1.17 bits per heavy atom. The number of carboxylic acids is 1. The first-order valence-electron chi connectivity index (χ1n) is 10.6. The number of benzene rings is 1. The molecule has 154 valence electrons. The molecule has 1 N–H and O–H groups in total. The summed E-state index contributed by atoms with van der Waals surface area (Å²) in [6.45, 7) is 6.13. The van der Waals surface area contributed by atoms with Crippen LogP contribution in [0.2, 0.25) is 0 Å². The average Bonchev–Trinajstić information content (AvgIpc) is 3.56. The highest BCUT2D eigenvalue weighted by atomic mass is 16.4. The van der Waals surface area contributed by atoms with Gasteiger partial charge in [0.05, 0.1) is 17.6 Å². The molecule has 2 aromatic rings. The lowest BCUT2D eigenvalue weighted by Gasteiger charge is -2.37. The van der Waals surface area contributed by atoms with E-state index in [0.717, 1.165) is 53.4 Å². The van der Waals surface area contributed by atoms with Crippen molar-refractivity contribution < 1.29 is 14.7 Å². The van der Waals surface area contributed by atoms with Crippen molar-refractivity contribution in [1.82, 2.24) is 14.8 Å². The van der Waals surface area contributed by atoms with E-state index in [2.05, 4.69) is 6.07 Å². The molecule has 0 bridgehead atoms. The SMILES string of the molecule is CCN(CC(=O)O)C1CCN(C(=O)c2cc(C3CC3)nc3ccc(C)cc23)CC1. The lowest BCUT2D eigenvalue weighted by atomic mass is 9.99. The van der Waals surface area contributed by atoms with Crippen molar-refractivity contribution in [2.75, 3.05) is 26.2 Å². The molecule has 2 aliphatic rings. The number of amides is 1. The Balaban J connectivity index is 1.55. The summed E-state index contributed by atoms with van der Waals surface area (Å²) in [4.78, 5) is 33.3. The smallest absolute Gasteiger partial charge is 0.317 e. The molecule has 1 aromatic carbocycles. The van der Waals surface area contributed by atoms with Gasteiger partial charge in [-0.3, -0.25) is 19.5 Å². The monoisotopic (exact) mass is 395 g/mol. The topological polar surface area (TPSA) is 73.7 Å². The third-order valence-corrected chi connectivity index (χ3v) is 6.22. The van der Waals surface area contributed by atoms with Crippen LogP contribution in [0.15, 0.2) is 24.3 Å². The predicted molar refractivity (Wildman–Crippen MR) is 112 cm³/mol. The fraction of sp³-hybridized carbons (Fsp3) is 0.522. The first-order valence-corrected chi connectivity index (χ1v) is 10.6. The number of aliphatic carboxylic acids is 1. The maximum Gasteiger partial charge on any atom is 0.317 e. The number of rotatable bonds is 6. The van der Waals surface area contributed by atoms with Crippen LogP contribution in [-0.4, -0.2) is 64.0 Å². The zero-order valence-corrected chi connectivity index (χ0v) is 17.2. The molecule has 0 spiro atoms. The van der Waals surface area contributed by atoms with Gasteiger partial charge in [-0.2, -0.15) is 0 Å². The standard InChI is InChI=1S/C23H29N3O3/c1-3-25(14-22(27)28)17-8-10-26(11-9-17)23(29)19-13-21(16-5-6-16)24-20-7-4-15(2)12-18(19)20/h4,7,12-13,16-17H,3,5-6,8-11,14H2,1-2H3,(H,27,28). The van der Waals surface area contributed by atoms with E-state index in [0.29, 0.717) is 25.6 Å². The maximum absolute atomic E-state index is 13.4. The van der Waals surface area contributed by atoms with E-state index in [-0.39, 0.29) is 18.5 Å². The van der Waals surface area contributed by atoms with Crippen molar-refractivity contribution in [3.05, 3.63) is 41.1 Å². The van der Waals surface area contributed by atoms with Gasteiger partial charge < -0.3 is 10.0 Å². The fourth-order valence-electron chi connectivity index (χ4n) is 4.40. The molecule has 1 aliphatic carbocycles. The Morgan fingerprint density at radius 3 is 2.52 bits per heavy atom. The van der Waals surface area contributed by atoms with E-state index in [4.69, 9.17) is 10.1 Å². The van der Waals surface area contributed by atoms with E-state index in [9.17, 15) is 9.59 Å². The number of carbonyl (C=O) groups excluding carboxylic acids is 1. The van der Waals surface area contributed by atoms with Gasteiger partial charge in [0.1, 0.15) is 0 Å². The van der Waals surface area contributed by atoms with Crippen LogP contribution in [-0.2, 0) is 4.79 Å². The number of aromatic nitrogens is 1. The van der Waals surface area contributed by atoms with Crippen molar-refractivity contribution in [3.63, 3.8) is 0 Å². The molecule has 4 rings (SSSR count). The summed E-state index contributed by atoms with van der Waals surface area (Å²) in [5, 5.41) is 10.1. The molecule has 1 saturated heterocycles. The highest BCUT2D eigenvalue weighted by molar-refractivity contribution is 6.06. The van der Waals surface area contributed by atoms with E-state index in [1.165, 1.54) is 0 Å². The quantitative estimate of drug-likeness (QED) is 0.811. The van der Waals surface area contributed by atoms with Gasteiger partial charge in [-0.15, -0.1) is 0 Å². The van der Waals surface area contributed by atoms with Crippen molar-refractivity contribution >= 4 is 22.8 Å². The molecule has 1 aromatic heterocycles. The summed E-state index contributed by atoms with van der Waals surface area (Å²) in [5.41, 5.74) is 3.82. The van der Waals surface area contributed by atoms with Gasteiger partial charge >= 0.3 is 5.97 Å². The Labute approximate surface area is 171 Å². The molecular formula is C23H29N3O3. The van der Waals surface area contributed by atoms with E-state index >= 15 is 0 Å². The largest absolute Gasteiger partial charge is 0.480 e. The van der Waals surface area contributed by atoms with Gasteiger partial charge in [0.25, 0.3) is 5.91 Å². The van der Waals surface area contributed by atoms with Crippen LogP contribution >= 0.6 is 0 Å². The van der Waals surface area contributed by atoms with Crippen LogP contribution in [0.4, 0.5) is 0 Å². The van der Waals surface area contributed by atoms with E-state index in [1.807, 2.05) is 41.8 Å². The van der Waals surface area contributed by atoms with Crippen LogP contribution in [0, 0.1) is 6.92 Å². The number of likely N-dealkylation sites (N-methyl/N-ethyl adjacent to an activating group) is 1. The highest BCUT2D eigenvalue weighted by Crippen LogP contribution is 2.40. The second-order valence-corrected chi connectivity index (χ2v) is 8.37. The van der Waals surface area contributed by atoms with Crippen molar-refractivity contribution in [1.29, 1.82) is 0 Å². The molecule has 2 heterocycles. The fourth-order valence-corrected chi connectivity index (χ4v) is 4.40. The lowest BCUT2D eigenvalue weighted by molar-refractivity contribution is -0.139. The minimum atomic E-state index is -0.795. The first kappa shape index (κ1) is 19.8. The Bertz CT molecular complexity index is 930. The third-order valence-electron chi connectivity index (χ3n) is 6.22. The lowest BCUT2D eigenvalue weighted by Crippen LogP contribution is -2.48. The van der Waals surface area contributed by atoms with Crippen molar-refractivity contribution in [3.8, 4) is 0 Å². The van der Waals surface area contributed by atoms with Gasteiger partial charge in [0.15, 0.2) is 0 Å². The number of aryl methyl sites for hydroxylation is 1. The number of hydrogen-bond acceptors (Lipinski definition) is 4. The van der Waals surface area contributed by atoms with Crippen LogP contribution in [0.25, 0.3) is 10.9 Å². The van der Waals surface area contributed by atoms with Crippen molar-refractivity contribution in [2.45, 2.75) is 51.5 Å². The van der Waals surface area contributed by atoms with Gasteiger partial charge in [-0.05, 0) is 57.4 Å². The Morgan fingerprint density at radius 2 is 1.90 bits per heavy atom. The van der Waals surface area contributed by atoms with E-state index in [1.54, 1.807) is 0 Å². The van der Waals surface area contributed by atoms with Gasteiger partial charge in [0, 0.05) is 36.1 Å². The zero-order valence-electron chi connectivity index (χ0n) is 17.2. The number of nitrogens with zero attached hydrogens (tertiary/aromatic N) is 3. The Hall–Kier alpha value is -2.47. The minimum absolute atomic E-state index is 0.0636. The number of likely N-dealkylation sites (tertiary alicyclic amines) is 1. The maximum atomic E-state index is 13.4. The molecular weight excluding hydrogens is 366 g/mol. The molecule has 29 heavy (non-hydrogen) atoms. The summed E-state index contributed by atoms with van der Waals surface area (Å²) >= 11 is 0. The van der Waals surface area contributed by atoms with Crippen LogP contribution in [0.3, 0.4) is 0 Å². The van der Waals surface area contributed by atoms with Gasteiger partial charge in [-0.25, -0.2) is 0 Å². The summed E-state index contributed by atoms with van der Waals surface area (Å²) in [5.74, 6) is -0.228. The molecule has 0 radical (unpaired) electrons. The number of fused-ring (bicyclic) bond motifs is 1.